The molecule has 4 nitrogen and oxygen atoms in total. The third-order valence-corrected chi connectivity index (χ3v) is 2.51. The van der Waals surface area contributed by atoms with Gasteiger partial charge < -0.3 is 16.2 Å². The van der Waals surface area contributed by atoms with Gasteiger partial charge in [-0.2, -0.15) is 0 Å². The Morgan fingerprint density at radius 1 is 1.47 bits per heavy atom. The van der Waals surface area contributed by atoms with Gasteiger partial charge in [0.2, 0.25) is 0 Å². The van der Waals surface area contributed by atoms with Crippen molar-refractivity contribution in [2.24, 2.45) is 5.41 Å². The highest BCUT2D eigenvalue weighted by Crippen LogP contribution is 2.21. The van der Waals surface area contributed by atoms with Crippen LogP contribution in [0.15, 0.2) is 12.3 Å². The molecule has 0 fully saturated rings. The fraction of sp³-hybridized carbons (Fsp3) is 0.615. The van der Waals surface area contributed by atoms with Gasteiger partial charge in [-0.05, 0) is 24.3 Å². The SMILES string of the molecule is Cc1cnc(NCC(O)CC(C)(C)C)cc1N. The van der Waals surface area contributed by atoms with Crippen LogP contribution in [-0.2, 0) is 0 Å². The number of aryl methyl sites for hydroxylation is 1. The predicted octanol–water partition coefficient (Wildman–Crippen LogP) is 2.18. The number of rotatable bonds is 4. The molecular formula is C13H23N3O. The Labute approximate surface area is 103 Å². The van der Waals surface area contributed by atoms with Crippen LogP contribution in [0.25, 0.3) is 0 Å². The van der Waals surface area contributed by atoms with Crippen LogP contribution in [0.4, 0.5) is 11.5 Å². The maximum atomic E-state index is 9.85. The van der Waals surface area contributed by atoms with Crippen LogP contribution in [0.5, 0.6) is 0 Å². The lowest BCUT2D eigenvalue weighted by Gasteiger charge is -2.22. The van der Waals surface area contributed by atoms with Gasteiger partial charge in [-0.15, -0.1) is 0 Å². The van der Waals surface area contributed by atoms with Gasteiger partial charge in [0, 0.05) is 24.5 Å². The van der Waals surface area contributed by atoms with Gasteiger partial charge >= 0.3 is 0 Å². The molecule has 0 aliphatic carbocycles. The molecule has 1 aromatic rings. The Morgan fingerprint density at radius 2 is 2.12 bits per heavy atom. The van der Waals surface area contributed by atoms with E-state index in [1.54, 1.807) is 12.3 Å². The van der Waals surface area contributed by atoms with E-state index in [0.717, 1.165) is 12.0 Å². The van der Waals surface area contributed by atoms with Crippen molar-refractivity contribution in [3.63, 3.8) is 0 Å². The molecule has 0 saturated carbocycles. The summed E-state index contributed by atoms with van der Waals surface area (Å²) in [7, 11) is 0. The number of nitrogens with one attached hydrogen (secondary N) is 1. The monoisotopic (exact) mass is 237 g/mol. The number of aliphatic hydroxyl groups excluding tert-OH is 1. The first-order chi connectivity index (χ1) is 7.78. The molecule has 1 atom stereocenters. The zero-order valence-corrected chi connectivity index (χ0v) is 11.1. The average molecular weight is 237 g/mol. The topological polar surface area (TPSA) is 71.2 Å². The first-order valence-corrected chi connectivity index (χ1v) is 5.92. The Bertz CT molecular complexity index is 371. The number of nitrogens with two attached hydrogens (primary N) is 1. The summed E-state index contributed by atoms with van der Waals surface area (Å²) in [5.41, 5.74) is 7.59. The number of hydrogen-bond donors (Lipinski definition) is 3. The maximum Gasteiger partial charge on any atom is 0.128 e. The number of hydrogen-bond acceptors (Lipinski definition) is 4. The maximum absolute atomic E-state index is 9.85. The Hall–Kier alpha value is -1.29. The molecule has 17 heavy (non-hydrogen) atoms. The fourth-order valence-corrected chi connectivity index (χ4v) is 1.64. The quantitative estimate of drug-likeness (QED) is 0.750. The molecule has 0 radical (unpaired) electrons. The van der Waals surface area contributed by atoms with Crippen molar-refractivity contribution in [2.75, 3.05) is 17.6 Å². The van der Waals surface area contributed by atoms with Crippen LogP contribution < -0.4 is 11.1 Å². The van der Waals surface area contributed by atoms with E-state index in [1.165, 1.54) is 0 Å². The van der Waals surface area contributed by atoms with Crippen molar-refractivity contribution in [1.82, 2.24) is 4.98 Å². The minimum absolute atomic E-state index is 0.126. The van der Waals surface area contributed by atoms with Crippen LogP contribution in [0.3, 0.4) is 0 Å². The molecule has 0 aliphatic rings. The summed E-state index contributed by atoms with van der Waals surface area (Å²) in [6, 6.07) is 1.79. The molecule has 1 rings (SSSR count). The smallest absolute Gasteiger partial charge is 0.128 e. The van der Waals surface area contributed by atoms with E-state index in [4.69, 9.17) is 5.73 Å². The molecule has 0 aromatic carbocycles. The number of nitrogen functional groups attached to an aromatic ring is 1. The highest BCUT2D eigenvalue weighted by molar-refractivity contribution is 5.53. The first kappa shape index (κ1) is 13.8. The van der Waals surface area contributed by atoms with Crippen molar-refractivity contribution >= 4 is 11.5 Å². The normalized spacial score (nSPS) is 13.5. The van der Waals surface area contributed by atoms with Crippen molar-refractivity contribution in [3.8, 4) is 0 Å². The lowest BCUT2D eigenvalue weighted by molar-refractivity contribution is 0.132. The minimum Gasteiger partial charge on any atom is -0.398 e. The lowest BCUT2D eigenvalue weighted by atomic mass is 9.89. The number of anilines is 2. The molecule has 0 saturated heterocycles. The Morgan fingerprint density at radius 3 is 2.65 bits per heavy atom. The Kier molecular flexibility index (Phi) is 4.34. The molecule has 0 bridgehead atoms. The molecular weight excluding hydrogens is 214 g/mol. The molecule has 0 aliphatic heterocycles. The van der Waals surface area contributed by atoms with E-state index in [-0.39, 0.29) is 11.5 Å². The van der Waals surface area contributed by atoms with Gasteiger partial charge in [-0.1, -0.05) is 20.8 Å². The lowest BCUT2D eigenvalue weighted by Crippen LogP contribution is -2.25. The van der Waals surface area contributed by atoms with E-state index in [1.807, 2.05) is 6.92 Å². The van der Waals surface area contributed by atoms with Gasteiger partial charge in [-0.3, -0.25) is 0 Å². The van der Waals surface area contributed by atoms with Crippen molar-refractivity contribution < 1.29 is 5.11 Å². The number of pyridine rings is 1. The van der Waals surface area contributed by atoms with Crippen LogP contribution >= 0.6 is 0 Å². The zero-order chi connectivity index (χ0) is 13.1. The molecule has 0 spiro atoms. The first-order valence-electron chi connectivity index (χ1n) is 5.92. The predicted molar refractivity (Wildman–Crippen MR) is 72.0 cm³/mol. The van der Waals surface area contributed by atoms with Crippen molar-refractivity contribution in [3.05, 3.63) is 17.8 Å². The van der Waals surface area contributed by atoms with E-state index in [0.29, 0.717) is 18.1 Å². The highest BCUT2D eigenvalue weighted by atomic mass is 16.3. The van der Waals surface area contributed by atoms with Crippen molar-refractivity contribution in [2.45, 2.75) is 40.2 Å². The van der Waals surface area contributed by atoms with Crippen LogP contribution in [-0.4, -0.2) is 22.7 Å². The second-order valence-corrected chi connectivity index (χ2v) is 5.73. The summed E-state index contributed by atoms with van der Waals surface area (Å²) in [5.74, 6) is 0.709. The molecule has 4 N–H and O–H groups in total. The Balaban J connectivity index is 2.47. The summed E-state index contributed by atoms with van der Waals surface area (Å²) in [5, 5.41) is 12.9. The molecule has 96 valence electrons. The number of aromatic nitrogens is 1. The molecule has 4 heteroatoms. The fourth-order valence-electron chi connectivity index (χ4n) is 1.64. The third kappa shape index (κ3) is 5.04. The van der Waals surface area contributed by atoms with Crippen molar-refractivity contribution in [1.29, 1.82) is 0 Å². The van der Waals surface area contributed by atoms with Gasteiger partial charge in [-0.25, -0.2) is 4.98 Å². The van der Waals surface area contributed by atoms with E-state index < -0.39 is 0 Å². The van der Waals surface area contributed by atoms with Gasteiger partial charge in [0.25, 0.3) is 0 Å². The third-order valence-electron chi connectivity index (χ3n) is 2.51. The van der Waals surface area contributed by atoms with Gasteiger partial charge in [0.15, 0.2) is 0 Å². The number of aliphatic hydroxyl groups is 1. The summed E-state index contributed by atoms with van der Waals surface area (Å²) in [6.07, 6.45) is 2.11. The standard InChI is InChI=1S/C13H23N3O/c1-9-7-15-12(5-11(9)14)16-8-10(17)6-13(2,3)4/h5,7,10,17H,6,8H2,1-4H3,(H3,14,15,16). The van der Waals surface area contributed by atoms with Crippen LogP contribution in [0, 0.1) is 12.3 Å². The van der Waals surface area contributed by atoms with Gasteiger partial charge in [0.05, 0.1) is 6.10 Å². The average Bonchev–Trinajstić information content (AvgIpc) is 2.17. The summed E-state index contributed by atoms with van der Waals surface area (Å²) in [4.78, 5) is 4.21. The van der Waals surface area contributed by atoms with Crippen LogP contribution in [0.2, 0.25) is 0 Å². The molecule has 1 aromatic heterocycles. The number of nitrogens with zero attached hydrogens (tertiary/aromatic N) is 1. The second-order valence-electron chi connectivity index (χ2n) is 5.73. The van der Waals surface area contributed by atoms with E-state index in [2.05, 4.69) is 31.1 Å². The summed E-state index contributed by atoms with van der Waals surface area (Å²) < 4.78 is 0. The van der Waals surface area contributed by atoms with E-state index in [9.17, 15) is 5.11 Å². The summed E-state index contributed by atoms with van der Waals surface area (Å²) in [6.45, 7) is 8.74. The van der Waals surface area contributed by atoms with E-state index >= 15 is 0 Å². The highest BCUT2D eigenvalue weighted by Gasteiger charge is 2.16. The van der Waals surface area contributed by atoms with Gasteiger partial charge in [0.1, 0.15) is 5.82 Å². The summed E-state index contributed by atoms with van der Waals surface area (Å²) >= 11 is 0. The largest absolute Gasteiger partial charge is 0.398 e. The molecule has 1 unspecified atom stereocenters. The zero-order valence-electron chi connectivity index (χ0n) is 11.1. The minimum atomic E-state index is -0.376. The molecule has 0 amide bonds. The second kappa shape index (κ2) is 5.36. The molecule has 1 heterocycles. The van der Waals surface area contributed by atoms with Crippen LogP contribution in [0.1, 0.15) is 32.8 Å².